The summed E-state index contributed by atoms with van der Waals surface area (Å²) in [6.45, 7) is 9.58. The van der Waals surface area contributed by atoms with Crippen molar-refractivity contribution in [1.29, 1.82) is 0 Å². The van der Waals surface area contributed by atoms with Crippen LogP contribution in [-0.4, -0.2) is 37.1 Å². The topological polar surface area (TPSA) is 42.4 Å². The molecule has 1 atom stereocenters. The first-order valence-electron chi connectivity index (χ1n) is 9.76. The number of carbonyl (C=O) groups excluding carboxylic acids is 1. The highest BCUT2D eigenvalue weighted by molar-refractivity contribution is 7.13. The number of nitrogens with zero attached hydrogens (tertiary/aromatic N) is 2. The Balaban J connectivity index is 1.73. The second-order valence-corrected chi connectivity index (χ2v) is 9.38. The van der Waals surface area contributed by atoms with Crippen molar-refractivity contribution in [3.8, 4) is 0 Å². The lowest BCUT2D eigenvalue weighted by molar-refractivity contribution is -0.132. The average molecular weight is 365 g/mol. The maximum Gasteiger partial charge on any atom is 0.185 e. The highest BCUT2D eigenvalue weighted by Gasteiger charge is 2.36. The number of thiazole rings is 1. The molecule has 3 rings (SSSR count). The Morgan fingerprint density at radius 3 is 2.60 bits per heavy atom. The molecule has 1 aliphatic heterocycles. The number of anilines is 1. The monoisotopic (exact) mass is 364 g/mol. The zero-order chi connectivity index (χ0) is 17.9. The fourth-order valence-electron chi connectivity index (χ4n) is 4.08. The molecular formula is C20H32N2O2S. The molecule has 1 aromatic heterocycles. The van der Waals surface area contributed by atoms with Crippen LogP contribution < -0.4 is 4.90 Å². The van der Waals surface area contributed by atoms with Crippen molar-refractivity contribution in [3.05, 3.63) is 11.1 Å². The second-order valence-electron chi connectivity index (χ2n) is 8.54. The summed E-state index contributed by atoms with van der Waals surface area (Å²) in [7, 11) is 0. The minimum Gasteiger partial charge on any atom is -0.378 e. The van der Waals surface area contributed by atoms with E-state index in [9.17, 15) is 4.79 Å². The number of ketones is 1. The zero-order valence-corrected chi connectivity index (χ0v) is 16.7. The van der Waals surface area contributed by atoms with Gasteiger partial charge in [-0.15, -0.1) is 11.3 Å². The van der Waals surface area contributed by atoms with E-state index >= 15 is 0 Å². The number of Topliss-reactive ketones (excluding diaryl/α,β-unsaturated/α-hetero) is 1. The second kappa shape index (κ2) is 8.17. The van der Waals surface area contributed by atoms with Gasteiger partial charge in [0.05, 0.1) is 18.9 Å². The molecule has 0 radical (unpaired) electrons. The maximum atomic E-state index is 13.1. The van der Waals surface area contributed by atoms with Gasteiger partial charge in [0.2, 0.25) is 0 Å². The molecule has 0 amide bonds. The Kier molecular flexibility index (Phi) is 6.16. The SMILES string of the molecule is CC(C)(C)C(=O)C(Cc1csc(N2CCOCC2)n1)C1CCCCC1. The van der Waals surface area contributed by atoms with Gasteiger partial charge in [-0.25, -0.2) is 4.98 Å². The molecule has 4 nitrogen and oxygen atoms in total. The molecule has 0 bridgehead atoms. The molecule has 25 heavy (non-hydrogen) atoms. The van der Waals surface area contributed by atoms with Crippen molar-refractivity contribution < 1.29 is 9.53 Å². The summed E-state index contributed by atoms with van der Waals surface area (Å²) in [4.78, 5) is 20.3. The van der Waals surface area contributed by atoms with Gasteiger partial charge in [-0.2, -0.15) is 0 Å². The van der Waals surface area contributed by atoms with E-state index < -0.39 is 0 Å². The number of ether oxygens (including phenoxy) is 1. The van der Waals surface area contributed by atoms with Gasteiger partial charge in [-0.3, -0.25) is 4.79 Å². The van der Waals surface area contributed by atoms with Crippen molar-refractivity contribution in [2.75, 3.05) is 31.2 Å². The summed E-state index contributed by atoms with van der Waals surface area (Å²) in [6.07, 6.45) is 7.08. The summed E-state index contributed by atoms with van der Waals surface area (Å²) in [5.41, 5.74) is 0.824. The summed E-state index contributed by atoms with van der Waals surface area (Å²) in [5, 5.41) is 3.25. The van der Waals surface area contributed by atoms with E-state index in [0.29, 0.717) is 11.7 Å². The first-order valence-corrected chi connectivity index (χ1v) is 10.6. The standard InChI is InChI=1S/C20H32N2O2S/c1-20(2,3)18(23)17(15-7-5-4-6-8-15)13-16-14-25-19(21-16)22-9-11-24-12-10-22/h14-15,17H,4-13H2,1-3H3. The van der Waals surface area contributed by atoms with Gasteiger partial charge in [-0.05, 0) is 18.8 Å². The van der Waals surface area contributed by atoms with Crippen LogP contribution in [0.2, 0.25) is 0 Å². The van der Waals surface area contributed by atoms with Gasteiger partial charge < -0.3 is 9.64 Å². The van der Waals surface area contributed by atoms with Crippen LogP contribution in [0.15, 0.2) is 5.38 Å². The van der Waals surface area contributed by atoms with Crippen LogP contribution >= 0.6 is 11.3 Å². The largest absolute Gasteiger partial charge is 0.378 e. The molecule has 0 aromatic carbocycles. The van der Waals surface area contributed by atoms with Crippen LogP contribution in [0.1, 0.15) is 58.6 Å². The maximum absolute atomic E-state index is 13.1. The first-order chi connectivity index (χ1) is 11.9. The number of morpholine rings is 1. The molecule has 2 heterocycles. The van der Waals surface area contributed by atoms with Crippen LogP contribution in [0.5, 0.6) is 0 Å². The molecule has 5 heteroatoms. The van der Waals surface area contributed by atoms with E-state index in [1.807, 2.05) is 0 Å². The Morgan fingerprint density at radius 2 is 1.96 bits per heavy atom. The predicted molar refractivity (Wildman–Crippen MR) is 103 cm³/mol. The minimum absolute atomic E-state index is 0.125. The van der Waals surface area contributed by atoms with Crippen molar-refractivity contribution in [2.45, 2.75) is 59.3 Å². The van der Waals surface area contributed by atoms with Crippen molar-refractivity contribution in [1.82, 2.24) is 4.98 Å². The van der Waals surface area contributed by atoms with Gasteiger partial charge in [0.15, 0.2) is 5.13 Å². The highest BCUT2D eigenvalue weighted by atomic mass is 32.1. The molecule has 2 fully saturated rings. The van der Waals surface area contributed by atoms with E-state index in [2.05, 4.69) is 31.1 Å². The smallest absolute Gasteiger partial charge is 0.185 e. The van der Waals surface area contributed by atoms with E-state index in [1.54, 1.807) is 11.3 Å². The van der Waals surface area contributed by atoms with E-state index in [0.717, 1.165) is 43.5 Å². The fourth-order valence-corrected chi connectivity index (χ4v) is 4.97. The zero-order valence-electron chi connectivity index (χ0n) is 15.9. The van der Waals surface area contributed by atoms with Crippen LogP contribution in [0.25, 0.3) is 0 Å². The minimum atomic E-state index is -0.273. The molecule has 0 N–H and O–H groups in total. The molecule has 1 aromatic rings. The van der Waals surface area contributed by atoms with E-state index in [4.69, 9.17) is 9.72 Å². The van der Waals surface area contributed by atoms with Crippen molar-refractivity contribution in [3.63, 3.8) is 0 Å². The number of aromatic nitrogens is 1. The van der Waals surface area contributed by atoms with Gasteiger partial charge >= 0.3 is 0 Å². The number of rotatable bonds is 5. The molecule has 1 unspecified atom stereocenters. The summed E-state index contributed by atoms with van der Waals surface area (Å²) in [6, 6.07) is 0. The Hall–Kier alpha value is -0.940. The lowest BCUT2D eigenvalue weighted by atomic mass is 9.70. The molecule has 2 aliphatic rings. The third-order valence-electron chi connectivity index (χ3n) is 5.55. The number of hydrogen-bond donors (Lipinski definition) is 0. The fraction of sp³-hybridized carbons (Fsp3) is 0.800. The predicted octanol–water partition coefficient (Wildman–Crippen LogP) is 4.33. The highest BCUT2D eigenvalue weighted by Crippen LogP contribution is 2.37. The third-order valence-corrected chi connectivity index (χ3v) is 6.50. The summed E-state index contributed by atoms with van der Waals surface area (Å²) < 4.78 is 5.43. The average Bonchev–Trinajstić information content (AvgIpc) is 3.08. The molecule has 1 saturated heterocycles. The van der Waals surface area contributed by atoms with Crippen LogP contribution in [0, 0.1) is 17.3 Å². The molecule has 1 saturated carbocycles. The summed E-state index contributed by atoms with van der Waals surface area (Å²) >= 11 is 1.71. The van der Waals surface area contributed by atoms with Gasteiger partial charge in [-0.1, -0.05) is 40.0 Å². The Labute approximate surface area is 156 Å². The Morgan fingerprint density at radius 1 is 1.28 bits per heavy atom. The van der Waals surface area contributed by atoms with E-state index in [-0.39, 0.29) is 11.3 Å². The number of carbonyl (C=O) groups is 1. The molecular weight excluding hydrogens is 332 g/mol. The van der Waals surface area contributed by atoms with Gasteiger partial charge in [0, 0.05) is 36.2 Å². The quantitative estimate of drug-likeness (QED) is 0.780. The molecule has 140 valence electrons. The van der Waals surface area contributed by atoms with Crippen LogP contribution in [-0.2, 0) is 16.0 Å². The molecule has 0 spiro atoms. The van der Waals surface area contributed by atoms with Gasteiger partial charge in [0.1, 0.15) is 5.78 Å². The lowest BCUT2D eigenvalue weighted by Gasteiger charge is -2.33. The normalized spacial score (nSPS) is 21.3. The van der Waals surface area contributed by atoms with Gasteiger partial charge in [0.25, 0.3) is 0 Å². The Bertz CT molecular complexity index is 566. The van der Waals surface area contributed by atoms with E-state index in [1.165, 1.54) is 32.1 Å². The summed E-state index contributed by atoms with van der Waals surface area (Å²) in [5.74, 6) is 1.08. The van der Waals surface area contributed by atoms with Crippen LogP contribution in [0.4, 0.5) is 5.13 Å². The number of hydrogen-bond acceptors (Lipinski definition) is 5. The van der Waals surface area contributed by atoms with Crippen LogP contribution in [0.3, 0.4) is 0 Å². The first kappa shape index (κ1) is 18.8. The molecule has 1 aliphatic carbocycles. The lowest BCUT2D eigenvalue weighted by Crippen LogP contribution is -2.36. The third kappa shape index (κ3) is 4.82. The van der Waals surface area contributed by atoms with Crippen molar-refractivity contribution >= 4 is 22.3 Å². The van der Waals surface area contributed by atoms with Crippen molar-refractivity contribution in [2.24, 2.45) is 17.3 Å².